The van der Waals surface area contributed by atoms with Gasteiger partial charge in [0.15, 0.2) is 12.6 Å². The summed E-state index contributed by atoms with van der Waals surface area (Å²) in [6.07, 6.45) is -19.0. The normalized spacial score (nSPS) is 34.9. The monoisotopic (exact) mass is 886 g/mol. The minimum absolute atomic E-state index is 0.0344. The number of unbranched alkanes of at least 4 members (excludes halogenated alkanes) is 1. The number of amides is 1. The molecule has 1 aromatic rings. The molecule has 3 aliphatic rings. The van der Waals surface area contributed by atoms with Gasteiger partial charge in [0.25, 0.3) is 5.69 Å². The predicted molar refractivity (Wildman–Crippen MR) is 204 cm³/mol. The Bertz CT molecular complexity index is 1450. The van der Waals surface area contributed by atoms with E-state index in [1.807, 2.05) is 0 Å². The fourth-order valence-corrected chi connectivity index (χ4v) is 8.51. The van der Waals surface area contributed by atoms with Crippen molar-refractivity contribution < 1.29 is 94.0 Å². The first-order chi connectivity index (χ1) is 28.2. The molecule has 3 aliphatic heterocycles. The van der Waals surface area contributed by atoms with Crippen molar-refractivity contribution in [1.82, 2.24) is 5.32 Å². The number of non-ortho nitro benzene ring substituents is 1. The molecular formula is C35H54N2O20S2. The van der Waals surface area contributed by atoms with Crippen LogP contribution < -0.4 is 10.1 Å². The summed E-state index contributed by atoms with van der Waals surface area (Å²) >= 11 is 2.12. The van der Waals surface area contributed by atoms with Crippen molar-refractivity contribution in [2.45, 2.75) is 123 Å². The Labute approximate surface area is 346 Å². The average Bonchev–Trinajstić information content (AvgIpc) is 3.22. The average molecular weight is 887 g/mol. The second-order valence-electron chi connectivity index (χ2n) is 13.9. The summed E-state index contributed by atoms with van der Waals surface area (Å²) in [6, 6.07) is 5.11. The van der Waals surface area contributed by atoms with E-state index in [2.05, 4.69) is 5.32 Å². The summed E-state index contributed by atoms with van der Waals surface area (Å²) in [6.45, 7) is -1.80. The van der Waals surface area contributed by atoms with Crippen molar-refractivity contribution in [3.63, 3.8) is 0 Å². The van der Waals surface area contributed by atoms with Crippen molar-refractivity contribution in [2.24, 2.45) is 0 Å². The number of nitrogens with zero attached hydrogens (tertiary/aromatic N) is 1. The van der Waals surface area contributed by atoms with Gasteiger partial charge in [-0.25, -0.2) is 0 Å². The fraction of sp³-hybridized carbons (Fsp3) is 0.771. The molecule has 0 aliphatic carbocycles. The number of nitro benzene ring substituents is 1. The van der Waals surface area contributed by atoms with Crippen LogP contribution >= 0.6 is 23.5 Å². The number of thioether (sulfide) groups is 2. The Morgan fingerprint density at radius 3 is 1.97 bits per heavy atom. The van der Waals surface area contributed by atoms with Gasteiger partial charge in [-0.2, -0.15) is 11.8 Å². The van der Waals surface area contributed by atoms with Gasteiger partial charge in [0.2, 0.25) is 5.91 Å². The molecule has 336 valence electrons. The van der Waals surface area contributed by atoms with E-state index in [4.69, 9.17) is 28.4 Å². The van der Waals surface area contributed by atoms with Gasteiger partial charge >= 0.3 is 5.97 Å². The Hall–Kier alpha value is -2.34. The highest BCUT2D eigenvalue weighted by molar-refractivity contribution is 8.00. The summed E-state index contributed by atoms with van der Waals surface area (Å²) in [5.41, 5.74) is -1.53. The van der Waals surface area contributed by atoms with Crippen LogP contribution in [0.3, 0.4) is 0 Å². The number of aliphatic hydroxyl groups excluding tert-OH is 10. The predicted octanol–water partition coefficient (Wildman–Crippen LogP) is -3.52. The lowest BCUT2D eigenvalue weighted by atomic mass is 9.98. The lowest BCUT2D eigenvalue weighted by molar-refractivity contribution is -0.384. The third kappa shape index (κ3) is 13.8. The molecular weight excluding hydrogens is 833 g/mol. The molecule has 0 radical (unpaired) electrons. The van der Waals surface area contributed by atoms with Crippen LogP contribution in [0.2, 0.25) is 0 Å². The van der Waals surface area contributed by atoms with Gasteiger partial charge in [-0.05, 0) is 37.1 Å². The van der Waals surface area contributed by atoms with Crippen LogP contribution in [0.5, 0.6) is 5.75 Å². The van der Waals surface area contributed by atoms with Crippen molar-refractivity contribution >= 4 is 41.1 Å². The van der Waals surface area contributed by atoms with Gasteiger partial charge < -0.3 is 84.8 Å². The minimum atomic E-state index is -1.76. The van der Waals surface area contributed by atoms with Crippen LogP contribution in [0, 0.1) is 10.1 Å². The van der Waals surface area contributed by atoms with Gasteiger partial charge in [-0.3, -0.25) is 19.7 Å². The van der Waals surface area contributed by atoms with Gasteiger partial charge in [0.05, 0.1) is 42.7 Å². The van der Waals surface area contributed by atoms with Gasteiger partial charge in [-0.15, -0.1) is 11.8 Å². The maximum Gasteiger partial charge on any atom is 0.311 e. The SMILES string of the molecule is O=C(CCCCC(=O)Oc1ccc([N+](=O)[O-])cc1)NCCSCCCO[C@@H]1O[C@H](CO)[C@@H](O)[C@H](O)[C@@H]1O[C@@H]1O[C@H](CO)[C@@H](O)[C@H](O)[C@@H]1S[C@@H]1O[C@H](CO)[C@@H](O)[C@H](O)[C@@H]1O. The molecule has 4 rings (SSSR count). The number of rotatable bonds is 22. The topological polar surface area (TPSA) is 347 Å². The quantitative estimate of drug-likeness (QED) is 0.0177. The van der Waals surface area contributed by atoms with Crippen molar-refractivity contribution in [1.29, 1.82) is 0 Å². The highest BCUT2D eigenvalue weighted by Crippen LogP contribution is 2.39. The molecule has 15 atom stereocenters. The Morgan fingerprint density at radius 1 is 0.729 bits per heavy atom. The molecule has 0 spiro atoms. The zero-order valence-corrected chi connectivity index (χ0v) is 33.4. The second-order valence-corrected chi connectivity index (χ2v) is 16.4. The van der Waals surface area contributed by atoms with E-state index < -0.39 is 121 Å². The Morgan fingerprint density at radius 2 is 1.32 bits per heavy atom. The third-order valence-electron chi connectivity index (χ3n) is 9.68. The molecule has 0 bridgehead atoms. The molecule has 3 heterocycles. The van der Waals surface area contributed by atoms with Crippen LogP contribution in [0.15, 0.2) is 24.3 Å². The van der Waals surface area contributed by atoms with Crippen LogP contribution in [-0.4, -0.2) is 203 Å². The standard InChI is InChI=1S/C35H54N2O20S2/c38-14-19-25(44)28(47)31(57-34-32(29(48)26(45)20(15-39)55-34)59-35-30(49)27(46)24(43)21(16-40)56-35)33(54-19)52-11-3-12-58-13-10-36-22(41)4-1-2-5-23(42)53-18-8-6-17(7-9-18)37(50)51/h6-9,19-21,24-35,38-40,43-49H,1-5,10-16H2,(H,36,41)/t19-,20-,21-,24-,25-,26-,27+,28+,29+,30+,31+,32+,33-,34+,35+/m1/s1. The zero-order chi connectivity index (χ0) is 43.2. The number of benzene rings is 1. The van der Waals surface area contributed by atoms with E-state index in [-0.39, 0.29) is 36.8 Å². The number of carbonyl (C=O) groups excluding carboxylic acids is 2. The number of nitrogens with one attached hydrogen (secondary N) is 1. The summed E-state index contributed by atoms with van der Waals surface area (Å²) in [5, 5.41) is 116. The van der Waals surface area contributed by atoms with Crippen LogP contribution in [0.4, 0.5) is 5.69 Å². The number of nitro groups is 1. The Kier molecular flexibility index (Phi) is 20.3. The largest absolute Gasteiger partial charge is 0.427 e. The summed E-state index contributed by atoms with van der Waals surface area (Å²) in [5.74, 6) is 0.591. The number of ether oxygens (including phenoxy) is 6. The molecule has 1 aromatic carbocycles. The van der Waals surface area contributed by atoms with Crippen molar-refractivity contribution in [3.05, 3.63) is 34.4 Å². The smallest absolute Gasteiger partial charge is 0.311 e. The van der Waals surface area contributed by atoms with Gasteiger partial charge in [0, 0.05) is 37.3 Å². The number of aliphatic hydroxyl groups is 10. The molecule has 24 heteroatoms. The number of hydrogen-bond donors (Lipinski definition) is 11. The first-order valence-electron chi connectivity index (χ1n) is 19.0. The molecule has 3 saturated heterocycles. The maximum atomic E-state index is 12.2. The fourth-order valence-electron chi connectivity index (χ4n) is 6.32. The van der Waals surface area contributed by atoms with Gasteiger partial charge in [-0.1, -0.05) is 0 Å². The third-order valence-corrected chi connectivity index (χ3v) is 12.2. The number of carbonyl (C=O) groups is 2. The van der Waals surface area contributed by atoms with Crippen LogP contribution in [-0.2, 0) is 33.3 Å². The molecule has 3 fully saturated rings. The summed E-state index contributed by atoms with van der Waals surface area (Å²) in [4.78, 5) is 34.4. The van der Waals surface area contributed by atoms with Crippen molar-refractivity contribution in [3.8, 4) is 5.75 Å². The van der Waals surface area contributed by atoms with E-state index in [0.717, 1.165) is 0 Å². The van der Waals surface area contributed by atoms with Gasteiger partial charge in [0.1, 0.15) is 72.2 Å². The second kappa shape index (κ2) is 24.3. The minimum Gasteiger partial charge on any atom is -0.427 e. The molecule has 22 nitrogen and oxygen atoms in total. The lowest BCUT2D eigenvalue weighted by Crippen LogP contribution is -2.65. The highest BCUT2D eigenvalue weighted by Gasteiger charge is 2.53. The zero-order valence-electron chi connectivity index (χ0n) is 31.8. The Balaban J connectivity index is 1.21. The van der Waals surface area contributed by atoms with E-state index in [0.29, 0.717) is 49.1 Å². The number of esters is 1. The number of hydrogen-bond acceptors (Lipinski definition) is 22. The van der Waals surface area contributed by atoms with E-state index in [9.17, 15) is 70.8 Å². The van der Waals surface area contributed by atoms with Crippen LogP contribution in [0.25, 0.3) is 0 Å². The molecule has 0 aromatic heterocycles. The van der Waals surface area contributed by atoms with Crippen molar-refractivity contribution in [2.75, 3.05) is 44.5 Å². The van der Waals surface area contributed by atoms with E-state index in [1.54, 1.807) is 0 Å². The summed E-state index contributed by atoms with van der Waals surface area (Å²) in [7, 11) is 0. The van der Waals surface area contributed by atoms with Crippen LogP contribution in [0.1, 0.15) is 32.1 Å². The summed E-state index contributed by atoms with van der Waals surface area (Å²) < 4.78 is 34.0. The maximum absolute atomic E-state index is 12.2. The molecule has 0 saturated carbocycles. The molecule has 59 heavy (non-hydrogen) atoms. The highest BCUT2D eigenvalue weighted by atomic mass is 32.2. The first-order valence-corrected chi connectivity index (χ1v) is 21.1. The molecule has 1 amide bonds. The van der Waals surface area contributed by atoms with E-state index >= 15 is 0 Å². The van der Waals surface area contributed by atoms with E-state index in [1.165, 1.54) is 36.0 Å². The lowest BCUT2D eigenvalue weighted by Gasteiger charge is -2.48. The molecule has 11 N–H and O–H groups in total. The first kappa shape index (κ1) is 49.3. The molecule has 0 unspecified atom stereocenters.